The normalized spacial score (nSPS) is 22.9. The van der Waals surface area contributed by atoms with Crippen LogP contribution in [0.5, 0.6) is 0 Å². The first-order valence-electron chi connectivity index (χ1n) is 9.93. The zero-order valence-corrected chi connectivity index (χ0v) is 16.0. The quantitative estimate of drug-likeness (QED) is 0.737. The van der Waals surface area contributed by atoms with E-state index in [1.165, 1.54) is 12.8 Å². The summed E-state index contributed by atoms with van der Waals surface area (Å²) in [5.41, 5.74) is 1.96. The average molecular weight is 364 g/mol. The topological polar surface area (TPSA) is 32.8 Å². The molecule has 2 saturated heterocycles. The highest BCUT2D eigenvalue weighted by Crippen LogP contribution is 2.29. The molecule has 2 atom stereocenters. The zero-order valence-electron chi connectivity index (χ0n) is 16.0. The molecule has 0 spiro atoms. The van der Waals surface area contributed by atoms with Crippen LogP contribution in [0.4, 0.5) is 0 Å². The van der Waals surface area contributed by atoms with E-state index in [9.17, 15) is 4.79 Å². The number of nitrogens with zero attached hydrogens (tertiary/aromatic N) is 2. The van der Waals surface area contributed by atoms with Crippen molar-refractivity contribution in [3.8, 4) is 0 Å². The molecule has 2 aromatic rings. The first-order valence-corrected chi connectivity index (χ1v) is 9.93. The van der Waals surface area contributed by atoms with Crippen molar-refractivity contribution >= 4 is 5.97 Å². The van der Waals surface area contributed by atoms with Crippen molar-refractivity contribution < 1.29 is 9.53 Å². The van der Waals surface area contributed by atoms with Crippen LogP contribution in [0.25, 0.3) is 0 Å². The monoisotopic (exact) mass is 364 g/mol. The van der Waals surface area contributed by atoms with E-state index in [-0.39, 0.29) is 11.9 Å². The molecule has 2 heterocycles. The molecule has 27 heavy (non-hydrogen) atoms. The summed E-state index contributed by atoms with van der Waals surface area (Å²) in [6.45, 7) is 3.55. The molecule has 0 aromatic heterocycles. The van der Waals surface area contributed by atoms with Crippen LogP contribution in [0.15, 0.2) is 60.7 Å². The molecular weight excluding hydrogens is 336 g/mol. The summed E-state index contributed by atoms with van der Waals surface area (Å²) in [5, 5.41) is 0. The highest BCUT2D eigenvalue weighted by molar-refractivity contribution is 5.82. The smallest absolute Gasteiger partial charge is 0.317 e. The van der Waals surface area contributed by atoms with Gasteiger partial charge in [0.2, 0.25) is 0 Å². The van der Waals surface area contributed by atoms with Crippen molar-refractivity contribution in [3.05, 3.63) is 71.8 Å². The summed E-state index contributed by atoms with van der Waals surface area (Å²) < 4.78 is 5.77. The third-order valence-corrected chi connectivity index (χ3v) is 5.91. The Bertz CT molecular complexity index is 696. The Morgan fingerprint density at radius 2 is 1.48 bits per heavy atom. The summed E-state index contributed by atoms with van der Waals surface area (Å²) in [6, 6.07) is 21.1. The van der Waals surface area contributed by atoms with Gasteiger partial charge in [0.1, 0.15) is 12.5 Å². The predicted molar refractivity (Wildman–Crippen MR) is 107 cm³/mol. The molecule has 2 aliphatic rings. The standard InChI is InChI=1S/C23H28N2O2/c1-24-16-20-12-13-21(17-24)25(20)14-15-27-23(26)22(18-8-4-2-5-9-18)19-10-6-3-7-11-19/h2-11,20-22H,12-17H2,1H3. The van der Waals surface area contributed by atoms with Gasteiger partial charge in [-0.25, -0.2) is 0 Å². The number of rotatable bonds is 6. The van der Waals surface area contributed by atoms with Crippen LogP contribution in [0.2, 0.25) is 0 Å². The number of fused-ring (bicyclic) bond motifs is 2. The van der Waals surface area contributed by atoms with Crippen LogP contribution >= 0.6 is 0 Å². The second kappa shape index (κ2) is 8.24. The fourth-order valence-electron chi connectivity index (χ4n) is 4.66. The third-order valence-electron chi connectivity index (χ3n) is 5.91. The van der Waals surface area contributed by atoms with Gasteiger partial charge in [-0.3, -0.25) is 9.69 Å². The van der Waals surface area contributed by atoms with Gasteiger partial charge in [0, 0.05) is 31.7 Å². The molecule has 0 amide bonds. The van der Waals surface area contributed by atoms with E-state index in [0.29, 0.717) is 18.7 Å². The fourth-order valence-corrected chi connectivity index (χ4v) is 4.66. The summed E-state index contributed by atoms with van der Waals surface area (Å²) in [5.74, 6) is -0.523. The maximum Gasteiger partial charge on any atom is 0.317 e. The van der Waals surface area contributed by atoms with E-state index in [0.717, 1.165) is 30.8 Å². The van der Waals surface area contributed by atoms with Gasteiger partial charge in [-0.15, -0.1) is 0 Å². The van der Waals surface area contributed by atoms with E-state index >= 15 is 0 Å². The molecule has 142 valence electrons. The van der Waals surface area contributed by atoms with Gasteiger partial charge in [0.05, 0.1) is 0 Å². The van der Waals surface area contributed by atoms with Crippen molar-refractivity contribution in [2.24, 2.45) is 0 Å². The highest BCUT2D eigenvalue weighted by Gasteiger charge is 2.38. The molecule has 2 unspecified atom stereocenters. The number of piperazine rings is 1. The molecule has 0 radical (unpaired) electrons. The van der Waals surface area contributed by atoms with Crippen LogP contribution in [0, 0.1) is 0 Å². The van der Waals surface area contributed by atoms with Crippen molar-refractivity contribution in [1.29, 1.82) is 0 Å². The third kappa shape index (κ3) is 4.07. The van der Waals surface area contributed by atoms with Crippen LogP contribution in [-0.2, 0) is 9.53 Å². The summed E-state index contributed by atoms with van der Waals surface area (Å²) in [6.07, 6.45) is 2.53. The maximum atomic E-state index is 13.0. The van der Waals surface area contributed by atoms with E-state index in [1.54, 1.807) is 0 Å². The van der Waals surface area contributed by atoms with Crippen LogP contribution in [0.3, 0.4) is 0 Å². The molecule has 4 rings (SSSR count). The highest BCUT2D eigenvalue weighted by atomic mass is 16.5. The van der Waals surface area contributed by atoms with Gasteiger partial charge in [-0.1, -0.05) is 60.7 Å². The van der Waals surface area contributed by atoms with Gasteiger partial charge in [-0.2, -0.15) is 0 Å². The van der Waals surface area contributed by atoms with E-state index < -0.39 is 0 Å². The van der Waals surface area contributed by atoms with Gasteiger partial charge < -0.3 is 9.64 Å². The number of benzene rings is 2. The molecule has 4 nitrogen and oxygen atoms in total. The minimum absolute atomic E-state index is 0.158. The lowest BCUT2D eigenvalue weighted by Gasteiger charge is -2.39. The number of hydrogen-bond donors (Lipinski definition) is 0. The number of esters is 1. The van der Waals surface area contributed by atoms with Crippen LogP contribution in [0.1, 0.15) is 29.9 Å². The zero-order chi connectivity index (χ0) is 18.6. The second-order valence-electron chi connectivity index (χ2n) is 7.77. The Balaban J connectivity index is 1.41. The Labute approximate surface area is 161 Å². The Hall–Kier alpha value is -2.17. The number of carbonyl (C=O) groups excluding carboxylic acids is 1. The Morgan fingerprint density at radius 1 is 0.963 bits per heavy atom. The molecule has 0 N–H and O–H groups in total. The molecular formula is C23H28N2O2. The Kier molecular flexibility index (Phi) is 5.55. The molecule has 0 aliphatic carbocycles. The largest absolute Gasteiger partial charge is 0.464 e. The number of likely N-dealkylation sites (N-methyl/N-ethyl adjacent to an activating group) is 1. The Morgan fingerprint density at radius 3 is 2.00 bits per heavy atom. The fraction of sp³-hybridized carbons (Fsp3) is 0.435. The molecule has 2 aromatic carbocycles. The number of likely N-dealkylation sites (tertiary alicyclic amines) is 1. The van der Waals surface area contributed by atoms with Crippen molar-refractivity contribution in [2.45, 2.75) is 30.8 Å². The van der Waals surface area contributed by atoms with E-state index in [1.807, 2.05) is 60.7 Å². The van der Waals surface area contributed by atoms with E-state index in [4.69, 9.17) is 4.74 Å². The minimum atomic E-state index is -0.364. The summed E-state index contributed by atoms with van der Waals surface area (Å²) in [7, 11) is 2.20. The molecule has 2 bridgehead atoms. The lowest BCUT2D eigenvalue weighted by Crippen LogP contribution is -2.53. The van der Waals surface area contributed by atoms with Crippen molar-refractivity contribution in [3.63, 3.8) is 0 Å². The van der Waals surface area contributed by atoms with Gasteiger partial charge >= 0.3 is 5.97 Å². The van der Waals surface area contributed by atoms with Gasteiger partial charge in [0.15, 0.2) is 0 Å². The second-order valence-corrected chi connectivity index (χ2v) is 7.77. The van der Waals surface area contributed by atoms with Crippen LogP contribution in [-0.4, -0.2) is 61.1 Å². The van der Waals surface area contributed by atoms with E-state index in [2.05, 4.69) is 16.8 Å². The molecule has 2 aliphatic heterocycles. The van der Waals surface area contributed by atoms with Crippen molar-refractivity contribution in [2.75, 3.05) is 33.3 Å². The maximum absolute atomic E-state index is 13.0. The van der Waals surface area contributed by atoms with Gasteiger partial charge in [0.25, 0.3) is 0 Å². The van der Waals surface area contributed by atoms with Crippen LogP contribution < -0.4 is 0 Å². The molecule has 2 fully saturated rings. The molecule has 0 saturated carbocycles. The summed E-state index contributed by atoms with van der Waals surface area (Å²) in [4.78, 5) is 17.9. The number of hydrogen-bond acceptors (Lipinski definition) is 4. The first kappa shape index (κ1) is 18.2. The lowest BCUT2D eigenvalue weighted by atomic mass is 9.91. The predicted octanol–water partition coefficient (Wildman–Crippen LogP) is 3.14. The minimum Gasteiger partial charge on any atom is -0.464 e. The number of carbonyl (C=O) groups is 1. The SMILES string of the molecule is CN1CC2CCC(C1)N2CCOC(=O)C(c1ccccc1)c1ccccc1. The van der Waals surface area contributed by atoms with Gasteiger partial charge in [-0.05, 0) is 31.0 Å². The lowest BCUT2D eigenvalue weighted by molar-refractivity contribution is -0.145. The number of ether oxygens (including phenoxy) is 1. The first-order chi connectivity index (χ1) is 13.2. The average Bonchev–Trinajstić information content (AvgIpc) is 2.93. The molecule has 4 heteroatoms. The van der Waals surface area contributed by atoms with Crippen molar-refractivity contribution in [1.82, 2.24) is 9.80 Å². The summed E-state index contributed by atoms with van der Waals surface area (Å²) >= 11 is 0.